The molecule has 1 N–H and O–H groups in total. The minimum Gasteiger partial charge on any atom is -0.339 e. The van der Waals surface area contributed by atoms with Crippen LogP contribution in [0.15, 0.2) is 45.8 Å². The molecule has 0 atom stereocenters. The average molecular weight is 404 g/mol. The van der Waals surface area contributed by atoms with Crippen LogP contribution in [-0.2, 0) is 10.0 Å². The second-order valence-corrected chi connectivity index (χ2v) is 8.86. The zero-order valence-corrected chi connectivity index (χ0v) is 16.4. The largest absolute Gasteiger partial charge is 0.339 e. The second kappa shape index (κ2) is 6.65. The van der Waals surface area contributed by atoms with Crippen LogP contribution >= 0.6 is 11.6 Å². The minimum absolute atomic E-state index is 0.173. The lowest BCUT2D eigenvalue weighted by Gasteiger charge is -2.13. The van der Waals surface area contributed by atoms with E-state index < -0.39 is 10.0 Å². The highest BCUT2D eigenvalue weighted by molar-refractivity contribution is 7.92. The lowest BCUT2D eigenvalue weighted by atomic mass is 10.1. The summed E-state index contributed by atoms with van der Waals surface area (Å²) in [6.07, 6.45) is 2.11. The van der Waals surface area contributed by atoms with Crippen molar-refractivity contribution < 1.29 is 12.9 Å². The molecule has 1 aliphatic rings. The zero-order valence-electron chi connectivity index (χ0n) is 14.9. The monoisotopic (exact) mass is 403 g/mol. The van der Waals surface area contributed by atoms with Gasteiger partial charge in [0, 0.05) is 16.5 Å². The summed E-state index contributed by atoms with van der Waals surface area (Å²) in [4.78, 5) is 4.57. The normalized spacial score (nSPS) is 14.3. The van der Waals surface area contributed by atoms with Crippen molar-refractivity contribution in [3.05, 3.63) is 58.4 Å². The molecule has 0 radical (unpaired) electrons. The number of aryl methyl sites for hydroxylation is 2. The van der Waals surface area contributed by atoms with E-state index in [1.807, 2.05) is 0 Å². The van der Waals surface area contributed by atoms with E-state index in [2.05, 4.69) is 14.9 Å². The summed E-state index contributed by atoms with van der Waals surface area (Å²) in [5, 5.41) is 4.55. The number of hydrogen-bond acceptors (Lipinski definition) is 5. The average Bonchev–Trinajstić information content (AvgIpc) is 3.35. The van der Waals surface area contributed by atoms with Crippen LogP contribution in [-0.4, -0.2) is 18.6 Å². The predicted molar refractivity (Wildman–Crippen MR) is 103 cm³/mol. The van der Waals surface area contributed by atoms with E-state index in [-0.39, 0.29) is 4.90 Å². The third-order valence-corrected chi connectivity index (χ3v) is 6.28. The fourth-order valence-corrected chi connectivity index (χ4v) is 4.45. The van der Waals surface area contributed by atoms with Gasteiger partial charge < -0.3 is 4.52 Å². The first-order valence-electron chi connectivity index (χ1n) is 8.57. The number of nitrogens with zero attached hydrogens (tertiary/aromatic N) is 2. The summed E-state index contributed by atoms with van der Waals surface area (Å²) < 4.78 is 33.8. The molecule has 0 spiro atoms. The molecule has 0 saturated heterocycles. The summed E-state index contributed by atoms with van der Waals surface area (Å²) in [6, 6.07) is 10.1. The van der Waals surface area contributed by atoms with Gasteiger partial charge in [-0.2, -0.15) is 4.98 Å². The fourth-order valence-electron chi connectivity index (χ4n) is 2.82. The molecule has 0 unspecified atom stereocenters. The first-order chi connectivity index (χ1) is 12.8. The van der Waals surface area contributed by atoms with E-state index in [4.69, 9.17) is 16.1 Å². The lowest BCUT2D eigenvalue weighted by molar-refractivity contribution is 0.380. The number of halogens is 1. The third kappa shape index (κ3) is 3.70. The van der Waals surface area contributed by atoms with E-state index in [1.165, 1.54) is 0 Å². The van der Waals surface area contributed by atoms with E-state index in [1.54, 1.807) is 50.2 Å². The van der Waals surface area contributed by atoms with Crippen LogP contribution in [0.25, 0.3) is 11.4 Å². The van der Waals surface area contributed by atoms with Crippen LogP contribution in [0.3, 0.4) is 0 Å². The van der Waals surface area contributed by atoms with Gasteiger partial charge in [0.15, 0.2) is 0 Å². The molecule has 8 heteroatoms. The van der Waals surface area contributed by atoms with Gasteiger partial charge in [0.25, 0.3) is 10.0 Å². The van der Waals surface area contributed by atoms with Gasteiger partial charge in [-0.3, -0.25) is 4.72 Å². The zero-order chi connectivity index (χ0) is 19.2. The Hall–Kier alpha value is -2.38. The Labute approximate surface area is 162 Å². The number of nitrogens with one attached hydrogen (secondary N) is 1. The smallest absolute Gasteiger partial charge is 0.262 e. The maximum absolute atomic E-state index is 13.0. The maximum Gasteiger partial charge on any atom is 0.262 e. The number of rotatable bonds is 5. The molecule has 1 saturated carbocycles. The number of aromatic nitrogens is 2. The Kier molecular flexibility index (Phi) is 4.44. The van der Waals surface area contributed by atoms with Crippen molar-refractivity contribution in [1.82, 2.24) is 10.1 Å². The number of benzene rings is 2. The molecular weight excluding hydrogens is 386 g/mol. The molecule has 6 nitrogen and oxygen atoms in total. The number of sulfonamides is 1. The molecule has 27 heavy (non-hydrogen) atoms. The maximum atomic E-state index is 13.0. The molecule has 3 aromatic rings. The second-order valence-electron chi connectivity index (χ2n) is 6.78. The summed E-state index contributed by atoms with van der Waals surface area (Å²) in [5.41, 5.74) is 2.46. The molecule has 1 aliphatic carbocycles. The Bertz CT molecular complexity index is 1120. The highest BCUT2D eigenvalue weighted by Crippen LogP contribution is 2.39. The number of anilines is 1. The molecule has 2 aromatic carbocycles. The van der Waals surface area contributed by atoms with Crippen LogP contribution in [0.2, 0.25) is 5.02 Å². The standard InChI is InChI=1S/C19H18ClN3O3S/c1-11-3-4-14(18-21-19(26-22-18)13-5-6-13)10-17(11)27(24,25)23-16-8-7-15(20)9-12(16)2/h3-4,7-10,13,23H,5-6H2,1-2H3. The summed E-state index contributed by atoms with van der Waals surface area (Å²) in [6.45, 7) is 3.55. The predicted octanol–water partition coefficient (Wildman–Crippen LogP) is 4.69. The molecule has 1 fully saturated rings. The molecule has 1 heterocycles. The lowest BCUT2D eigenvalue weighted by Crippen LogP contribution is -2.15. The highest BCUT2D eigenvalue weighted by atomic mass is 35.5. The van der Waals surface area contributed by atoms with Crippen molar-refractivity contribution in [2.45, 2.75) is 37.5 Å². The SMILES string of the molecule is Cc1cc(Cl)ccc1NS(=O)(=O)c1cc(-c2noc(C3CC3)n2)ccc1C. The molecule has 0 bridgehead atoms. The van der Waals surface area contributed by atoms with Gasteiger partial charge in [-0.05, 0) is 62.1 Å². The Morgan fingerprint density at radius 1 is 1.11 bits per heavy atom. The van der Waals surface area contributed by atoms with Crippen molar-refractivity contribution in [3.8, 4) is 11.4 Å². The van der Waals surface area contributed by atoms with Gasteiger partial charge >= 0.3 is 0 Å². The van der Waals surface area contributed by atoms with E-state index in [9.17, 15) is 8.42 Å². The molecule has 140 valence electrons. The highest BCUT2D eigenvalue weighted by Gasteiger charge is 2.30. The Balaban J connectivity index is 1.68. The van der Waals surface area contributed by atoms with Crippen molar-refractivity contribution in [2.24, 2.45) is 0 Å². The quantitative estimate of drug-likeness (QED) is 0.668. The van der Waals surface area contributed by atoms with Crippen LogP contribution in [0, 0.1) is 13.8 Å². The van der Waals surface area contributed by atoms with Crippen molar-refractivity contribution >= 4 is 27.3 Å². The molecule has 0 aliphatic heterocycles. The molecule has 1 aromatic heterocycles. The van der Waals surface area contributed by atoms with Crippen LogP contribution in [0.5, 0.6) is 0 Å². The topological polar surface area (TPSA) is 85.1 Å². The first kappa shape index (κ1) is 18.0. The van der Waals surface area contributed by atoms with Crippen molar-refractivity contribution in [2.75, 3.05) is 4.72 Å². The number of hydrogen-bond donors (Lipinski definition) is 1. The van der Waals surface area contributed by atoms with Crippen LogP contribution < -0.4 is 4.72 Å². The van der Waals surface area contributed by atoms with E-state index in [0.717, 1.165) is 18.4 Å². The van der Waals surface area contributed by atoms with Gasteiger partial charge in [0.05, 0.1) is 10.6 Å². The van der Waals surface area contributed by atoms with Crippen molar-refractivity contribution in [3.63, 3.8) is 0 Å². The Morgan fingerprint density at radius 2 is 1.89 bits per heavy atom. The Morgan fingerprint density at radius 3 is 2.59 bits per heavy atom. The summed E-state index contributed by atoms with van der Waals surface area (Å²) in [7, 11) is -3.79. The third-order valence-electron chi connectivity index (χ3n) is 4.54. The summed E-state index contributed by atoms with van der Waals surface area (Å²) in [5.74, 6) is 1.36. The van der Waals surface area contributed by atoms with Gasteiger partial charge in [-0.15, -0.1) is 0 Å². The van der Waals surface area contributed by atoms with E-state index >= 15 is 0 Å². The molecule has 0 amide bonds. The van der Waals surface area contributed by atoms with Gasteiger partial charge in [0.1, 0.15) is 0 Å². The first-order valence-corrected chi connectivity index (χ1v) is 10.4. The van der Waals surface area contributed by atoms with Gasteiger partial charge in [-0.1, -0.05) is 28.9 Å². The fraction of sp³-hybridized carbons (Fsp3) is 0.263. The van der Waals surface area contributed by atoms with Crippen LogP contribution in [0.4, 0.5) is 5.69 Å². The summed E-state index contributed by atoms with van der Waals surface area (Å²) >= 11 is 5.95. The van der Waals surface area contributed by atoms with Crippen LogP contribution in [0.1, 0.15) is 35.8 Å². The minimum atomic E-state index is -3.79. The van der Waals surface area contributed by atoms with E-state index in [0.29, 0.717) is 39.5 Å². The molecular formula is C19H18ClN3O3S. The molecule has 4 rings (SSSR count). The van der Waals surface area contributed by atoms with Crippen molar-refractivity contribution in [1.29, 1.82) is 0 Å². The van der Waals surface area contributed by atoms with Gasteiger partial charge in [-0.25, -0.2) is 8.42 Å². The van der Waals surface area contributed by atoms with Gasteiger partial charge in [0.2, 0.25) is 11.7 Å².